The lowest BCUT2D eigenvalue weighted by atomic mass is 10.4. The summed E-state index contributed by atoms with van der Waals surface area (Å²) < 4.78 is 1.20. The number of rotatable bonds is 1. The molecule has 0 aliphatic heterocycles. The first-order valence-electron chi connectivity index (χ1n) is 2.70. The minimum absolute atomic E-state index is 1.08. The largest absolute Gasteiger partial charge is 0.144 e. The molecule has 0 nitrogen and oxygen atoms in total. The molecule has 1 rings (SSSR count). The molecule has 1 heterocycles. The van der Waals surface area contributed by atoms with Gasteiger partial charge in [-0.05, 0) is 22.7 Å². The van der Waals surface area contributed by atoms with E-state index in [1.165, 1.54) is 4.53 Å². The van der Waals surface area contributed by atoms with E-state index in [9.17, 15) is 0 Å². The number of thiophene rings is 1. The monoisotopic (exact) mass is 136 g/mol. The lowest BCUT2D eigenvalue weighted by Crippen LogP contribution is -2.14. The normalized spacial score (nSPS) is 11.8. The van der Waals surface area contributed by atoms with Crippen LogP contribution in [0.4, 0.5) is 0 Å². The van der Waals surface area contributed by atoms with Gasteiger partial charge in [-0.1, -0.05) is 19.2 Å². The molecule has 0 atom stereocenters. The summed E-state index contributed by atoms with van der Waals surface area (Å²) in [6.07, 6.45) is 3.74. The molecule has 0 N–H and O–H groups in total. The standard InChI is InChI=1S/C8H8S/c1-3-4-8-7(2)5-6-9-8/h3-6H,1-2H2/b8-4+. The molecule has 0 aromatic carbocycles. The molecule has 0 fully saturated rings. The predicted octanol–water partition coefficient (Wildman–Crippen LogP) is 1.12. The van der Waals surface area contributed by atoms with Crippen LogP contribution in [-0.4, -0.2) is 0 Å². The average molecular weight is 136 g/mol. The molecule has 0 radical (unpaired) electrons. The number of hydrogen-bond acceptors (Lipinski definition) is 1. The number of allylic oxidation sites excluding steroid dienone is 1. The summed E-state index contributed by atoms with van der Waals surface area (Å²) in [6.45, 7) is 7.43. The van der Waals surface area contributed by atoms with Gasteiger partial charge in [0.05, 0.1) is 0 Å². The van der Waals surface area contributed by atoms with Crippen molar-refractivity contribution in [1.82, 2.24) is 0 Å². The van der Waals surface area contributed by atoms with Gasteiger partial charge in [0.15, 0.2) is 0 Å². The smallest absolute Gasteiger partial charge is 0.0336 e. The van der Waals surface area contributed by atoms with Crippen molar-refractivity contribution in [2.24, 2.45) is 0 Å². The van der Waals surface area contributed by atoms with Gasteiger partial charge < -0.3 is 0 Å². The van der Waals surface area contributed by atoms with Crippen LogP contribution in [0.5, 0.6) is 0 Å². The second kappa shape index (κ2) is 2.65. The zero-order chi connectivity index (χ0) is 6.69. The predicted molar refractivity (Wildman–Crippen MR) is 43.8 cm³/mol. The van der Waals surface area contributed by atoms with Crippen LogP contribution in [0.2, 0.25) is 0 Å². The Hall–Kier alpha value is -0.820. The molecule has 1 aromatic heterocycles. The first-order chi connectivity index (χ1) is 4.34. The first kappa shape index (κ1) is 6.30. The molecule has 9 heavy (non-hydrogen) atoms. The minimum Gasteiger partial charge on any atom is -0.144 e. The van der Waals surface area contributed by atoms with Gasteiger partial charge in [-0.2, -0.15) is 0 Å². The van der Waals surface area contributed by atoms with Gasteiger partial charge in [0, 0.05) is 4.53 Å². The van der Waals surface area contributed by atoms with Crippen molar-refractivity contribution in [3.05, 3.63) is 33.9 Å². The first-order valence-corrected chi connectivity index (χ1v) is 3.58. The molecule has 0 unspecified atom stereocenters. The molecule has 0 amide bonds. The van der Waals surface area contributed by atoms with Crippen molar-refractivity contribution in [3.63, 3.8) is 0 Å². The second-order valence-electron chi connectivity index (χ2n) is 1.71. The van der Waals surface area contributed by atoms with Crippen LogP contribution < -0.4 is 9.75 Å². The van der Waals surface area contributed by atoms with Gasteiger partial charge >= 0.3 is 0 Å². The summed E-state index contributed by atoms with van der Waals surface area (Å²) in [7, 11) is 0. The summed E-state index contributed by atoms with van der Waals surface area (Å²) in [5.74, 6) is 0. The Morgan fingerprint density at radius 3 is 2.78 bits per heavy atom. The van der Waals surface area contributed by atoms with Gasteiger partial charge in [0.1, 0.15) is 0 Å². The van der Waals surface area contributed by atoms with Crippen molar-refractivity contribution >= 4 is 24.0 Å². The van der Waals surface area contributed by atoms with E-state index in [0.29, 0.717) is 0 Å². The Labute approximate surface area is 58.5 Å². The van der Waals surface area contributed by atoms with Crippen molar-refractivity contribution in [1.29, 1.82) is 0 Å². The number of hydrogen-bond donors (Lipinski definition) is 0. The van der Waals surface area contributed by atoms with Gasteiger partial charge in [0.25, 0.3) is 0 Å². The van der Waals surface area contributed by atoms with E-state index in [2.05, 4.69) is 13.2 Å². The molecule has 0 saturated carbocycles. The third-order valence-corrected chi connectivity index (χ3v) is 1.97. The maximum absolute atomic E-state index is 3.83. The van der Waals surface area contributed by atoms with Crippen molar-refractivity contribution < 1.29 is 0 Å². The maximum Gasteiger partial charge on any atom is 0.0336 e. The molecule has 46 valence electrons. The Bertz CT molecular complexity index is 293. The zero-order valence-corrected chi connectivity index (χ0v) is 5.95. The van der Waals surface area contributed by atoms with E-state index in [1.54, 1.807) is 17.4 Å². The van der Waals surface area contributed by atoms with E-state index in [0.717, 1.165) is 5.22 Å². The molecule has 0 bridgehead atoms. The third kappa shape index (κ3) is 1.30. The summed E-state index contributed by atoms with van der Waals surface area (Å²) >= 11 is 1.68. The van der Waals surface area contributed by atoms with Crippen LogP contribution in [0.1, 0.15) is 0 Å². The summed E-state index contributed by atoms with van der Waals surface area (Å²) in [6, 6.07) is 2.00. The van der Waals surface area contributed by atoms with Crippen LogP contribution in [0.25, 0.3) is 12.7 Å². The quantitative estimate of drug-likeness (QED) is 0.543. The van der Waals surface area contributed by atoms with Crippen LogP contribution in [0, 0.1) is 0 Å². The van der Waals surface area contributed by atoms with E-state index in [-0.39, 0.29) is 0 Å². The highest BCUT2D eigenvalue weighted by molar-refractivity contribution is 7.07. The molecule has 0 spiro atoms. The average Bonchev–Trinajstić information content (AvgIpc) is 2.18. The van der Waals surface area contributed by atoms with Gasteiger partial charge in [0.2, 0.25) is 0 Å². The highest BCUT2D eigenvalue weighted by atomic mass is 32.1. The Morgan fingerprint density at radius 2 is 2.33 bits per heavy atom. The summed E-state index contributed by atoms with van der Waals surface area (Å²) in [5.41, 5.74) is 0. The molecule has 0 saturated heterocycles. The Kier molecular flexibility index (Phi) is 1.85. The van der Waals surface area contributed by atoms with Gasteiger partial charge in [-0.25, -0.2) is 0 Å². The van der Waals surface area contributed by atoms with E-state index in [4.69, 9.17) is 0 Å². The topological polar surface area (TPSA) is 0 Å². The fourth-order valence-corrected chi connectivity index (χ4v) is 1.37. The van der Waals surface area contributed by atoms with Crippen LogP contribution in [-0.2, 0) is 0 Å². The minimum atomic E-state index is 1.08. The molecule has 0 aliphatic rings. The Morgan fingerprint density at radius 1 is 1.56 bits per heavy atom. The van der Waals surface area contributed by atoms with Crippen LogP contribution in [0.15, 0.2) is 24.1 Å². The summed E-state index contributed by atoms with van der Waals surface area (Å²) in [4.78, 5) is 0. The fourth-order valence-electron chi connectivity index (χ4n) is 0.601. The van der Waals surface area contributed by atoms with Crippen molar-refractivity contribution in [3.8, 4) is 0 Å². The summed E-state index contributed by atoms with van der Waals surface area (Å²) in [5, 5.41) is 3.11. The molecule has 1 aromatic rings. The van der Waals surface area contributed by atoms with Crippen LogP contribution >= 0.6 is 11.3 Å². The van der Waals surface area contributed by atoms with E-state index < -0.39 is 0 Å². The zero-order valence-electron chi connectivity index (χ0n) is 5.13. The van der Waals surface area contributed by atoms with Gasteiger partial charge in [-0.15, -0.1) is 11.3 Å². The molecular formula is C8H8S. The van der Waals surface area contributed by atoms with Crippen molar-refractivity contribution in [2.75, 3.05) is 0 Å². The lowest BCUT2D eigenvalue weighted by Gasteiger charge is -1.68. The maximum atomic E-state index is 3.83. The van der Waals surface area contributed by atoms with Gasteiger partial charge in [-0.3, -0.25) is 0 Å². The highest BCUT2D eigenvalue weighted by Crippen LogP contribution is 1.79. The molecular weight excluding hydrogens is 128 g/mol. The van der Waals surface area contributed by atoms with Crippen LogP contribution in [0.3, 0.4) is 0 Å². The molecule has 0 aliphatic carbocycles. The SMILES string of the molecule is C=C/C=c1/sccc1=C. The fraction of sp³-hybridized carbons (Fsp3) is 0. The van der Waals surface area contributed by atoms with E-state index in [1.807, 2.05) is 17.5 Å². The Balaban J connectivity index is 3.39. The molecule has 1 heteroatoms. The second-order valence-corrected chi connectivity index (χ2v) is 2.66. The van der Waals surface area contributed by atoms with Crippen molar-refractivity contribution in [2.45, 2.75) is 0 Å². The third-order valence-electron chi connectivity index (χ3n) is 1.05. The van der Waals surface area contributed by atoms with E-state index >= 15 is 0 Å². The lowest BCUT2D eigenvalue weighted by molar-refractivity contribution is 1.75. The highest BCUT2D eigenvalue weighted by Gasteiger charge is 1.78.